The number of nitrogens with one attached hydrogen (secondary N) is 1. The first-order valence-electron chi connectivity index (χ1n) is 3.45. The van der Waals surface area contributed by atoms with Crippen molar-refractivity contribution in [1.82, 2.24) is 9.97 Å². The third-order valence-electron chi connectivity index (χ3n) is 1.70. The zero-order valence-electron chi connectivity index (χ0n) is 6.31. The number of nitriles is 1. The van der Waals surface area contributed by atoms with Crippen molar-refractivity contribution in [2.75, 3.05) is 0 Å². The molecule has 0 amide bonds. The molecule has 0 aliphatic heterocycles. The number of H-pyrrole nitrogens is 1. The molecule has 0 aliphatic carbocycles. The Balaban J connectivity index is 2.86. The van der Waals surface area contributed by atoms with Gasteiger partial charge in [0, 0.05) is 11.6 Å². The van der Waals surface area contributed by atoms with Gasteiger partial charge in [0.1, 0.15) is 16.9 Å². The third-order valence-corrected chi connectivity index (χ3v) is 2.82. The van der Waals surface area contributed by atoms with Crippen molar-refractivity contribution in [2.24, 2.45) is 0 Å². The molecule has 0 saturated carbocycles. The van der Waals surface area contributed by atoms with Gasteiger partial charge in [-0.1, -0.05) is 11.6 Å². The second kappa shape index (κ2) is 3.02. The van der Waals surface area contributed by atoms with E-state index < -0.39 is 0 Å². The van der Waals surface area contributed by atoms with Gasteiger partial charge in [-0.25, -0.2) is 4.98 Å². The summed E-state index contributed by atoms with van der Waals surface area (Å²) >= 11 is 9.03. The fourth-order valence-electron chi connectivity index (χ4n) is 1.09. The van der Waals surface area contributed by atoms with E-state index in [0.717, 1.165) is 5.39 Å². The summed E-state index contributed by atoms with van der Waals surface area (Å²) < 4.78 is 0.692. The van der Waals surface area contributed by atoms with Crippen molar-refractivity contribution in [3.8, 4) is 6.07 Å². The van der Waals surface area contributed by atoms with Crippen molar-refractivity contribution in [2.45, 2.75) is 0 Å². The van der Waals surface area contributed by atoms with Crippen LogP contribution in [-0.2, 0) is 0 Å². The summed E-state index contributed by atoms with van der Waals surface area (Å²) in [5.74, 6) is 0. The highest BCUT2D eigenvalue weighted by atomic mass is 79.9. The molecule has 2 heterocycles. The standard InChI is InChI=1S/C8H3BrClN3/c9-6-1-5-4(2-11)3-12-8(5)13-7(6)10/h1,3H,(H,12,13). The van der Waals surface area contributed by atoms with E-state index in [2.05, 4.69) is 32.0 Å². The number of halogens is 2. The van der Waals surface area contributed by atoms with E-state index in [9.17, 15) is 0 Å². The molecule has 0 saturated heterocycles. The molecule has 1 N–H and O–H groups in total. The maximum Gasteiger partial charge on any atom is 0.145 e. The molecule has 0 aliphatic rings. The molecule has 0 fully saturated rings. The molecule has 0 aromatic carbocycles. The van der Waals surface area contributed by atoms with Gasteiger partial charge in [0.2, 0.25) is 0 Å². The average molecular weight is 256 g/mol. The second-order valence-corrected chi connectivity index (χ2v) is 3.68. The molecule has 2 aromatic heterocycles. The number of aromatic nitrogens is 2. The van der Waals surface area contributed by atoms with Crippen molar-refractivity contribution in [3.63, 3.8) is 0 Å². The fourth-order valence-corrected chi connectivity index (χ4v) is 1.55. The van der Waals surface area contributed by atoms with E-state index in [1.165, 1.54) is 0 Å². The Kier molecular flexibility index (Phi) is 1.98. The highest BCUT2D eigenvalue weighted by molar-refractivity contribution is 9.10. The Morgan fingerprint density at radius 2 is 2.38 bits per heavy atom. The molecule has 2 rings (SSSR count). The first-order chi connectivity index (χ1) is 6.22. The molecule has 0 spiro atoms. The minimum Gasteiger partial charge on any atom is -0.345 e. The topological polar surface area (TPSA) is 52.5 Å². The van der Waals surface area contributed by atoms with Crippen LogP contribution in [0.3, 0.4) is 0 Å². The van der Waals surface area contributed by atoms with Crippen LogP contribution >= 0.6 is 27.5 Å². The second-order valence-electron chi connectivity index (χ2n) is 2.47. The maximum absolute atomic E-state index is 8.74. The van der Waals surface area contributed by atoms with Gasteiger partial charge in [-0.15, -0.1) is 0 Å². The maximum atomic E-state index is 8.74. The smallest absolute Gasteiger partial charge is 0.145 e. The number of rotatable bonds is 0. The van der Waals surface area contributed by atoms with Crippen LogP contribution in [0.5, 0.6) is 0 Å². The van der Waals surface area contributed by atoms with Crippen LogP contribution in [0.15, 0.2) is 16.7 Å². The number of aromatic amines is 1. The van der Waals surface area contributed by atoms with Gasteiger partial charge in [-0.3, -0.25) is 0 Å². The lowest BCUT2D eigenvalue weighted by molar-refractivity contribution is 1.31. The zero-order chi connectivity index (χ0) is 9.42. The Labute approximate surface area is 87.5 Å². The summed E-state index contributed by atoms with van der Waals surface area (Å²) in [5, 5.41) is 9.90. The van der Waals surface area contributed by atoms with Crippen LogP contribution in [0.1, 0.15) is 5.56 Å². The molecule has 5 heteroatoms. The predicted molar refractivity (Wildman–Crippen MR) is 53.5 cm³/mol. The average Bonchev–Trinajstić information content (AvgIpc) is 2.48. The summed E-state index contributed by atoms with van der Waals surface area (Å²) in [6.45, 7) is 0. The fraction of sp³-hybridized carbons (Fsp3) is 0. The molecular weight excluding hydrogens is 253 g/mol. The van der Waals surface area contributed by atoms with Crippen LogP contribution in [0.2, 0.25) is 5.15 Å². The summed E-state index contributed by atoms with van der Waals surface area (Å²) in [6, 6.07) is 3.84. The molecule has 3 nitrogen and oxygen atoms in total. The number of pyridine rings is 1. The Morgan fingerprint density at radius 1 is 1.62 bits per heavy atom. The molecular formula is C8H3BrClN3. The number of fused-ring (bicyclic) bond motifs is 1. The minimum absolute atomic E-state index is 0.388. The van der Waals surface area contributed by atoms with Crippen LogP contribution in [0.25, 0.3) is 11.0 Å². The number of hydrogen-bond acceptors (Lipinski definition) is 2. The van der Waals surface area contributed by atoms with Gasteiger partial charge >= 0.3 is 0 Å². The Bertz CT molecular complexity index is 512. The molecule has 0 bridgehead atoms. The van der Waals surface area contributed by atoms with E-state index >= 15 is 0 Å². The van der Waals surface area contributed by atoms with Crippen LogP contribution in [0.4, 0.5) is 0 Å². The highest BCUT2D eigenvalue weighted by Crippen LogP contribution is 2.26. The van der Waals surface area contributed by atoms with Crippen molar-refractivity contribution >= 4 is 38.6 Å². The summed E-state index contributed by atoms with van der Waals surface area (Å²) in [4.78, 5) is 6.92. The summed E-state index contributed by atoms with van der Waals surface area (Å²) in [7, 11) is 0. The van der Waals surface area contributed by atoms with Crippen molar-refractivity contribution < 1.29 is 0 Å². The summed E-state index contributed by atoms with van der Waals surface area (Å²) in [6.07, 6.45) is 1.61. The first kappa shape index (κ1) is 8.54. The van der Waals surface area contributed by atoms with Gasteiger partial charge in [0.15, 0.2) is 0 Å². The SMILES string of the molecule is N#Cc1c[nH]c2nc(Cl)c(Br)cc12. The van der Waals surface area contributed by atoms with Gasteiger partial charge in [0.25, 0.3) is 0 Å². The van der Waals surface area contributed by atoms with Gasteiger partial charge < -0.3 is 4.98 Å². The molecule has 0 atom stereocenters. The summed E-state index contributed by atoms with van der Waals surface area (Å²) in [5.41, 5.74) is 1.20. The predicted octanol–water partition coefficient (Wildman–Crippen LogP) is 2.85. The molecule has 13 heavy (non-hydrogen) atoms. The van der Waals surface area contributed by atoms with E-state index in [1.807, 2.05) is 0 Å². The van der Waals surface area contributed by atoms with Gasteiger partial charge in [0.05, 0.1) is 10.0 Å². The molecule has 2 aromatic rings. The quantitative estimate of drug-likeness (QED) is 0.737. The molecule has 64 valence electrons. The van der Waals surface area contributed by atoms with E-state index in [4.69, 9.17) is 16.9 Å². The van der Waals surface area contributed by atoms with E-state index in [-0.39, 0.29) is 0 Å². The third kappa shape index (κ3) is 1.30. The van der Waals surface area contributed by atoms with Crippen molar-refractivity contribution in [1.29, 1.82) is 5.26 Å². The van der Waals surface area contributed by atoms with E-state index in [0.29, 0.717) is 20.8 Å². The zero-order valence-corrected chi connectivity index (χ0v) is 8.65. The van der Waals surface area contributed by atoms with Crippen molar-refractivity contribution in [3.05, 3.63) is 27.5 Å². The minimum atomic E-state index is 0.388. The van der Waals surface area contributed by atoms with Gasteiger partial charge in [-0.05, 0) is 22.0 Å². The van der Waals surface area contributed by atoms with Crippen LogP contribution < -0.4 is 0 Å². The Morgan fingerprint density at radius 3 is 3.08 bits per heavy atom. The highest BCUT2D eigenvalue weighted by Gasteiger charge is 2.07. The largest absolute Gasteiger partial charge is 0.345 e. The normalized spacial score (nSPS) is 10.2. The Hall–Kier alpha value is -1.05. The van der Waals surface area contributed by atoms with Gasteiger partial charge in [-0.2, -0.15) is 5.26 Å². The number of hydrogen-bond donors (Lipinski definition) is 1. The lowest BCUT2D eigenvalue weighted by Crippen LogP contribution is -1.79. The van der Waals surface area contributed by atoms with Crippen LogP contribution in [-0.4, -0.2) is 9.97 Å². The first-order valence-corrected chi connectivity index (χ1v) is 4.62. The van der Waals surface area contributed by atoms with E-state index in [1.54, 1.807) is 12.3 Å². The number of nitrogens with zero attached hydrogens (tertiary/aromatic N) is 2. The lowest BCUT2D eigenvalue weighted by atomic mass is 10.2. The lowest BCUT2D eigenvalue weighted by Gasteiger charge is -1.94. The molecule has 0 unspecified atom stereocenters. The molecule has 0 radical (unpaired) electrons. The monoisotopic (exact) mass is 255 g/mol. The van der Waals surface area contributed by atoms with Crippen LogP contribution in [0, 0.1) is 11.3 Å².